The summed E-state index contributed by atoms with van der Waals surface area (Å²) in [5.41, 5.74) is 8.42. The van der Waals surface area contributed by atoms with Crippen molar-refractivity contribution in [3.63, 3.8) is 0 Å². The molecule has 0 unspecified atom stereocenters. The van der Waals surface area contributed by atoms with E-state index in [-0.39, 0.29) is 0 Å². The standard InChI is InChI=1S/C18H18/c1-3-14-6-9-16-11-18(12-17(16)10-14)15-7-4-13(2)5-8-15/h4-10,12H,3,11H2,1-2H3. The topological polar surface area (TPSA) is 0 Å². The normalized spacial score (nSPS) is 13.3. The highest BCUT2D eigenvalue weighted by molar-refractivity contribution is 5.88. The summed E-state index contributed by atoms with van der Waals surface area (Å²) in [4.78, 5) is 0. The summed E-state index contributed by atoms with van der Waals surface area (Å²) in [5.74, 6) is 0. The first-order chi connectivity index (χ1) is 8.76. The minimum Gasteiger partial charge on any atom is -0.0613 e. The molecule has 0 aromatic heterocycles. The second-order valence-corrected chi connectivity index (χ2v) is 5.10. The summed E-state index contributed by atoms with van der Waals surface area (Å²) >= 11 is 0. The maximum absolute atomic E-state index is 2.35. The van der Waals surface area contributed by atoms with Crippen molar-refractivity contribution in [3.05, 3.63) is 70.3 Å². The smallest absolute Gasteiger partial charge is 0.00137 e. The molecule has 0 radical (unpaired) electrons. The second-order valence-electron chi connectivity index (χ2n) is 5.10. The molecule has 0 bridgehead atoms. The number of hydrogen-bond acceptors (Lipinski definition) is 0. The van der Waals surface area contributed by atoms with E-state index >= 15 is 0 Å². The zero-order valence-electron chi connectivity index (χ0n) is 11.0. The maximum Gasteiger partial charge on any atom is -0.00137 e. The second kappa shape index (κ2) is 4.45. The molecule has 0 spiro atoms. The molecule has 3 rings (SSSR count). The first-order valence-electron chi connectivity index (χ1n) is 6.65. The van der Waals surface area contributed by atoms with Crippen LogP contribution in [0.2, 0.25) is 0 Å². The number of hydrogen-bond donors (Lipinski definition) is 0. The van der Waals surface area contributed by atoms with Crippen LogP contribution < -0.4 is 0 Å². The Bertz CT molecular complexity index is 600. The van der Waals surface area contributed by atoms with Crippen molar-refractivity contribution in [1.29, 1.82) is 0 Å². The van der Waals surface area contributed by atoms with Crippen molar-refractivity contribution < 1.29 is 0 Å². The molecule has 0 heterocycles. The minimum atomic E-state index is 1.07. The van der Waals surface area contributed by atoms with E-state index in [9.17, 15) is 0 Å². The van der Waals surface area contributed by atoms with E-state index in [1.165, 1.54) is 33.4 Å². The molecule has 90 valence electrons. The predicted molar refractivity (Wildman–Crippen MR) is 78.6 cm³/mol. The molecular formula is C18H18. The van der Waals surface area contributed by atoms with Gasteiger partial charge in [-0.15, -0.1) is 0 Å². The van der Waals surface area contributed by atoms with Crippen molar-refractivity contribution in [2.45, 2.75) is 26.7 Å². The Hall–Kier alpha value is -1.82. The lowest BCUT2D eigenvalue weighted by molar-refractivity contribution is 1.13. The van der Waals surface area contributed by atoms with E-state index in [0.29, 0.717) is 0 Å². The molecule has 0 heteroatoms. The van der Waals surface area contributed by atoms with Gasteiger partial charge in [-0.25, -0.2) is 0 Å². The van der Waals surface area contributed by atoms with Gasteiger partial charge in [0.15, 0.2) is 0 Å². The lowest BCUT2D eigenvalue weighted by Crippen LogP contribution is -1.87. The molecule has 0 saturated heterocycles. The third-order valence-electron chi connectivity index (χ3n) is 3.75. The average molecular weight is 234 g/mol. The fraction of sp³-hybridized carbons (Fsp3) is 0.222. The number of benzene rings is 2. The van der Waals surface area contributed by atoms with Crippen LogP contribution in [0.15, 0.2) is 42.5 Å². The molecule has 1 aliphatic carbocycles. The highest BCUT2D eigenvalue weighted by Gasteiger charge is 2.13. The minimum absolute atomic E-state index is 1.07. The van der Waals surface area contributed by atoms with Gasteiger partial charge in [-0.2, -0.15) is 0 Å². The van der Waals surface area contributed by atoms with Crippen molar-refractivity contribution in [2.24, 2.45) is 0 Å². The third kappa shape index (κ3) is 1.99. The molecular weight excluding hydrogens is 216 g/mol. The third-order valence-corrected chi connectivity index (χ3v) is 3.75. The Kier molecular flexibility index (Phi) is 2.79. The Morgan fingerprint density at radius 3 is 2.50 bits per heavy atom. The molecule has 1 aliphatic rings. The summed E-state index contributed by atoms with van der Waals surface area (Å²) in [6.07, 6.45) is 4.53. The molecule has 0 nitrogen and oxygen atoms in total. The Labute approximate surface area is 109 Å². The van der Waals surface area contributed by atoms with Crippen molar-refractivity contribution in [3.8, 4) is 0 Å². The van der Waals surface area contributed by atoms with Gasteiger partial charge in [-0.1, -0.05) is 61.0 Å². The number of rotatable bonds is 2. The first-order valence-corrected chi connectivity index (χ1v) is 6.65. The van der Waals surface area contributed by atoms with Gasteiger partial charge in [-0.3, -0.25) is 0 Å². The SMILES string of the molecule is CCc1ccc2c(c1)C=C(c1ccc(C)cc1)C2. The highest BCUT2D eigenvalue weighted by Crippen LogP contribution is 2.32. The zero-order valence-corrected chi connectivity index (χ0v) is 11.0. The van der Waals surface area contributed by atoms with Gasteiger partial charge >= 0.3 is 0 Å². The van der Waals surface area contributed by atoms with Crippen molar-refractivity contribution >= 4 is 11.6 Å². The number of allylic oxidation sites excluding steroid dienone is 1. The number of aryl methyl sites for hydroxylation is 2. The molecule has 0 atom stereocenters. The Morgan fingerprint density at radius 2 is 1.78 bits per heavy atom. The summed E-state index contributed by atoms with van der Waals surface area (Å²) in [6.45, 7) is 4.34. The van der Waals surface area contributed by atoms with Crippen LogP contribution in [0.4, 0.5) is 0 Å². The van der Waals surface area contributed by atoms with Crippen LogP contribution in [0.3, 0.4) is 0 Å². The summed E-state index contributed by atoms with van der Waals surface area (Å²) < 4.78 is 0. The lowest BCUT2D eigenvalue weighted by atomic mass is 10.0. The highest BCUT2D eigenvalue weighted by atomic mass is 14.2. The van der Waals surface area contributed by atoms with Gasteiger partial charge in [0.1, 0.15) is 0 Å². The van der Waals surface area contributed by atoms with Crippen LogP contribution in [-0.2, 0) is 12.8 Å². The molecule has 0 amide bonds. The Morgan fingerprint density at radius 1 is 1.00 bits per heavy atom. The van der Waals surface area contributed by atoms with Gasteiger partial charge < -0.3 is 0 Å². The van der Waals surface area contributed by atoms with Gasteiger partial charge in [-0.05, 0) is 47.6 Å². The van der Waals surface area contributed by atoms with Crippen LogP contribution in [-0.4, -0.2) is 0 Å². The van der Waals surface area contributed by atoms with E-state index in [4.69, 9.17) is 0 Å². The monoisotopic (exact) mass is 234 g/mol. The maximum atomic E-state index is 2.35. The van der Waals surface area contributed by atoms with Crippen LogP contribution in [0.25, 0.3) is 11.6 Å². The van der Waals surface area contributed by atoms with Crippen LogP contribution in [0.5, 0.6) is 0 Å². The van der Waals surface area contributed by atoms with E-state index in [0.717, 1.165) is 12.8 Å². The number of fused-ring (bicyclic) bond motifs is 1. The molecule has 0 saturated carbocycles. The van der Waals surface area contributed by atoms with E-state index < -0.39 is 0 Å². The Balaban J connectivity index is 1.96. The molecule has 2 aromatic carbocycles. The zero-order chi connectivity index (χ0) is 12.5. The molecule has 0 N–H and O–H groups in total. The van der Waals surface area contributed by atoms with Crippen LogP contribution in [0, 0.1) is 6.92 Å². The van der Waals surface area contributed by atoms with Crippen LogP contribution in [0.1, 0.15) is 34.7 Å². The quantitative estimate of drug-likeness (QED) is 0.709. The molecule has 0 fully saturated rings. The van der Waals surface area contributed by atoms with Gasteiger partial charge in [0.2, 0.25) is 0 Å². The molecule has 2 aromatic rings. The van der Waals surface area contributed by atoms with E-state index in [1.54, 1.807) is 0 Å². The van der Waals surface area contributed by atoms with Gasteiger partial charge in [0.05, 0.1) is 0 Å². The summed E-state index contributed by atoms with van der Waals surface area (Å²) in [6, 6.07) is 15.7. The van der Waals surface area contributed by atoms with E-state index in [2.05, 4.69) is 62.4 Å². The van der Waals surface area contributed by atoms with E-state index in [1.807, 2.05) is 0 Å². The van der Waals surface area contributed by atoms with Crippen molar-refractivity contribution in [1.82, 2.24) is 0 Å². The molecule has 0 aliphatic heterocycles. The van der Waals surface area contributed by atoms with Crippen molar-refractivity contribution in [2.75, 3.05) is 0 Å². The average Bonchev–Trinajstić information content (AvgIpc) is 2.82. The van der Waals surface area contributed by atoms with Crippen LogP contribution >= 0.6 is 0 Å². The predicted octanol–water partition coefficient (Wildman–Crippen LogP) is 4.65. The van der Waals surface area contributed by atoms with Gasteiger partial charge in [0, 0.05) is 0 Å². The fourth-order valence-electron chi connectivity index (χ4n) is 2.56. The molecule has 18 heavy (non-hydrogen) atoms. The largest absolute Gasteiger partial charge is 0.0613 e. The summed E-state index contributed by atoms with van der Waals surface area (Å²) in [5, 5.41) is 0. The fourth-order valence-corrected chi connectivity index (χ4v) is 2.56. The van der Waals surface area contributed by atoms with Gasteiger partial charge in [0.25, 0.3) is 0 Å². The lowest BCUT2D eigenvalue weighted by Gasteiger charge is -2.03. The summed E-state index contributed by atoms with van der Waals surface area (Å²) in [7, 11) is 0. The first kappa shape index (κ1) is 11.3.